The van der Waals surface area contributed by atoms with E-state index in [1.54, 1.807) is 0 Å². The Morgan fingerprint density at radius 2 is 2.18 bits per heavy atom. The molecule has 3 N–H and O–H groups in total. The zero-order valence-corrected chi connectivity index (χ0v) is 5.67. The van der Waals surface area contributed by atoms with Gasteiger partial charge in [0.05, 0.1) is 6.61 Å². The standard InChI is InChI=1S/C6H9O5/c7-2-1-3-4(8)5(9)6(10)11-3/h2-5,7-9H,1H2. The van der Waals surface area contributed by atoms with E-state index in [0.717, 1.165) is 6.61 Å². The molecule has 0 bridgehead atoms. The van der Waals surface area contributed by atoms with Crippen molar-refractivity contribution in [3.8, 4) is 0 Å². The minimum Gasteiger partial charge on any atom is -0.457 e. The predicted octanol–water partition coefficient (Wildman–Crippen LogP) is -1.44. The van der Waals surface area contributed by atoms with Gasteiger partial charge < -0.3 is 20.1 Å². The summed E-state index contributed by atoms with van der Waals surface area (Å²) in [6, 6.07) is 0. The Labute approximate surface area is 63.2 Å². The number of esters is 1. The first-order valence-electron chi connectivity index (χ1n) is 3.19. The fraction of sp³-hybridized carbons (Fsp3) is 0.667. The average molecular weight is 161 g/mol. The quantitative estimate of drug-likeness (QED) is 0.432. The molecular formula is C6H9O5. The van der Waals surface area contributed by atoms with Crippen molar-refractivity contribution in [2.45, 2.75) is 24.7 Å². The third-order valence-electron chi connectivity index (χ3n) is 1.55. The van der Waals surface area contributed by atoms with Crippen LogP contribution in [0.1, 0.15) is 6.42 Å². The highest BCUT2D eigenvalue weighted by Gasteiger charge is 2.41. The molecule has 5 heteroatoms. The second-order valence-corrected chi connectivity index (χ2v) is 2.33. The summed E-state index contributed by atoms with van der Waals surface area (Å²) >= 11 is 0. The summed E-state index contributed by atoms with van der Waals surface area (Å²) in [5.74, 6) is -0.843. The van der Waals surface area contributed by atoms with Crippen molar-refractivity contribution in [2.75, 3.05) is 0 Å². The molecule has 0 saturated carbocycles. The van der Waals surface area contributed by atoms with E-state index in [9.17, 15) is 4.79 Å². The lowest BCUT2D eigenvalue weighted by molar-refractivity contribution is -0.147. The second-order valence-electron chi connectivity index (χ2n) is 2.33. The molecule has 0 spiro atoms. The van der Waals surface area contributed by atoms with Crippen molar-refractivity contribution >= 4 is 5.97 Å². The molecule has 1 heterocycles. The van der Waals surface area contributed by atoms with Crippen LogP contribution in [0.25, 0.3) is 0 Å². The maximum Gasteiger partial charge on any atom is 0.338 e. The van der Waals surface area contributed by atoms with Gasteiger partial charge in [0.2, 0.25) is 0 Å². The smallest absolute Gasteiger partial charge is 0.338 e. The summed E-state index contributed by atoms with van der Waals surface area (Å²) < 4.78 is 4.50. The van der Waals surface area contributed by atoms with Crippen molar-refractivity contribution in [1.29, 1.82) is 0 Å². The lowest BCUT2D eigenvalue weighted by Crippen LogP contribution is -2.30. The van der Waals surface area contributed by atoms with Crippen LogP contribution in [-0.2, 0) is 9.53 Å². The lowest BCUT2D eigenvalue weighted by Gasteiger charge is -2.10. The van der Waals surface area contributed by atoms with Crippen molar-refractivity contribution in [2.24, 2.45) is 0 Å². The van der Waals surface area contributed by atoms with E-state index in [0.29, 0.717) is 0 Å². The largest absolute Gasteiger partial charge is 0.457 e. The Morgan fingerprint density at radius 3 is 2.55 bits per heavy atom. The van der Waals surface area contributed by atoms with Crippen LogP contribution in [-0.4, -0.2) is 39.6 Å². The van der Waals surface area contributed by atoms with E-state index >= 15 is 0 Å². The van der Waals surface area contributed by atoms with E-state index in [1.807, 2.05) is 0 Å². The van der Waals surface area contributed by atoms with E-state index < -0.39 is 24.3 Å². The molecule has 63 valence electrons. The predicted molar refractivity (Wildman–Crippen MR) is 32.7 cm³/mol. The van der Waals surface area contributed by atoms with Gasteiger partial charge in [0.25, 0.3) is 0 Å². The van der Waals surface area contributed by atoms with Gasteiger partial charge in [-0.2, -0.15) is 0 Å². The number of carbonyl (C=O) groups excluding carboxylic acids is 1. The molecule has 1 radical (unpaired) electrons. The molecule has 5 nitrogen and oxygen atoms in total. The van der Waals surface area contributed by atoms with E-state index in [2.05, 4.69) is 4.74 Å². The molecule has 0 aromatic heterocycles. The highest BCUT2D eigenvalue weighted by Crippen LogP contribution is 2.18. The number of cyclic esters (lactones) is 1. The van der Waals surface area contributed by atoms with Crippen LogP contribution in [0.5, 0.6) is 0 Å². The maximum atomic E-state index is 10.5. The zero-order chi connectivity index (χ0) is 8.43. The molecule has 1 aliphatic heterocycles. The van der Waals surface area contributed by atoms with Crippen LogP contribution in [0, 0.1) is 6.61 Å². The first-order chi connectivity index (χ1) is 5.16. The Hall–Kier alpha value is -0.650. The summed E-state index contributed by atoms with van der Waals surface area (Å²) in [6.45, 7) is 0.777. The van der Waals surface area contributed by atoms with Crippen molar-refractivity contribution in [1.82, 2.24) is 0 Å². The first kappa shape index (κ1) is 8.45. The topological polar surface area (TPSA) is 87.0 Å². The zero-order valence-electron chi connectivity index (χ0n) is 5.67. The van der Waals surface area contributed by atoms with Gasteiger partial charge in [0.1, 0.15) is 12.2 Å². The number of carbonyl (C=O) groups is 1. The third kappa shape index (κ3) is 1.50. The van der Waals surface area contributed by atoms with Crippen LogP contribution in [0.2, 0.25) is 0 Å². The molecule has 0 aliphatic carbocycles. The molecule has 3 atom stereocenters. The molecule has 3 unspecified atom stereocenters. The molecule has 1 fully saturated rings. The Kier molecular flexibility index (Phi) is 2.43. The maximum absolute atomic E-state index is 10.5. The molecule has 1 saturated heterocycles. The Bertz CT molecular complexity index is 157. The van der Waals surface area contributed by atoms with Crippen LogP contribution in [0.4, 0.5) is 0 Å². The van der Waals surface area contributed by atoms with Crippen LogP contribution < -0.4 is 0 Å². The molecule has 0 aromatic rings. The highest BCUT2D eigenvalue weighted by atomic mass is 16.6. The first-order valence-corrected chi connectivity index (χ1v) is 3.19. The summed E-state index contributed by atoms with van der Waals surface area (Å²) in [6.07, 6.45) is -3.49. The van der Waals surface area contributed by atoms with E-state index in [1.165, 1.54) is 0 Å². The van der Waals surface area contributed by atoms with Crippen LogP contribution >= 0.6 is 0 Å². The van der Waals surface area contributed by atoms with Gasteiger partial charge in [-0.15, -0.1) is 0 Å². The van der Waals surface area contributed by atoms with Gasteiger partial charge in [0.15, 0.2) is 6.10 Å². The lowest BCUT2D eigenvalue weighted by atomic mass is 10.1. The molecule has 0 aromatic carbocycles. The number of aliphatic hydroxyl groups excluding tert-OH is 3. The highest BCUT2D eigenvalue weighted by molar-refractivity contribution is 5.77. The normalized spacial score (nSPS) is 37.4. The monoisotopic (exact) mass is 161 g/mol. The molecule has 0 amide bonds. The third-order valence-corrected chi connectivity index (χ3v) is 1.55. The average Bonchev–Trinajstić information content (AvgIpc) is 2.19. The van der Waals surface area contributed by atoms with Gasteiger partial charge >= 0.3 is 5.97 Å². The number of rotatable bonds is 2. The summed E-state index contributed by atoms with van der Waals surface area (Å²) in [5.41, 5.74) is 0. The fourth-order valence-corrected chi connectivity index (χ4v) is 0.923. The SMILES string of the molecule is O=C1OC(C[CH]O)C(O)C1O. The molecule has 1 aliphatic rings. The summed E-state index contributed by atoms with van der Waals surface area (Å²) in [4.78, 5) is 10.5. The molecule has 1 rings (SSSR count). The number of aliphatic hydroxyl groups is 3. The van der Waals surface area contributed by atoms with Crippen LogP contribution in [0.3, 0.4) is 0 Å². The minimum atomic E-state index is -1.47. The summed E-state index contributed by atoms with van der Waals surface area (Å²) in [5, 5.41) is 26.2. The fourth-order valence-electron chi connectivity index (χ4n) is 0.923. The van der Waals surface area contributed by atoms with Crippen molar-refractivity contribution in [3.63, 3.8) is 0 Å². The Balaban J connectivity index is 2.52. The van der Waals surface area contributed by atoms with Gasteiger partial charge in [-0.05, 0) is 0 Å². The molecular weight excluding hydrogens is 152 g/mol. The Morgan fingerprint density at radius 1 is 1.55 bits per heavy atom. The molecule has 11 heavy (non-hydrogen) atoms. The number of ether oxygens (including phenoxy) is 1. The van der Waals surface area contributed by atoms with E-state index in [4.69, 9.17) is 15.3 Å². The van der Waals surface area contributed by atoms with Crippen molar-refractivity contribution in [3.05, 3.63) is 6.61 Å². The minimum absolute atomic E-state index is 0.0317. The van der Waals surface area contributed by atoms with Gasteiger partial charge in [-0.3, -0.25) is 0 Å². The second kappa shape index (κ2) is 3.17. The van der Waals surface area contributed by atoms with Gasteiger partial charge in [0, 0.05) is 6.42 Å². The number of hydrogen-bond acceptors (Lipinski definition) is 5. The summed E-state index contributed by atoms with van der Waals surface area (Å²) in [7, 11) is 0. The van der Waals surface area contributed by atoms with Gasteiger partial charge in [-0.1, -0.05) is 0 Å². The number of hydrogen-bond donors (Lipinski definition) is 3. The van der Waals surface area contributed by atoms with Gasteiger partial charge in [-0.25, -0.2) is 4.79 Å². The van der Waals surface area contributed by atoms with E-state index in [-0.39, 0.29) is 6.42 Å². The van der Waals surface area contributed by atoms with Crippen LogP contribution in [0.15, 0.2) is 0 Å². The van der Waals surface area contributed by atoms with Crippen molar-refractivity contribution < 1.29 is 24.9 Å².